The van der Waals surface area contributed by atoms with Gasteiger partial charge in [0.1, 0.15) is 5.69 Å². The van der Waals surface area contributed by atoms with Gasteiger partial charge in [-0.1, -0.05) is 26.0 Å². The molecule has 0 bridgehead atoms. The van der Waals surface area contributed by atoms with E-state index in [4.69, 9.17) is 4.74 Å². The largest absolute Gasteiger partial charge is 0.474 e. The first kappa shape index (κ1) is 11.8. The Balaban J connectivity index is 2.58. The van der Waals surface area contributed by atoms with Gasteiger partial charge < -0.3 is 4.74 Å². The van der Waals surface area contributed by atoms with Crippen LogP contribution in [0.1, 0.15) is 39.3 Å². The van der Waals surface area contributed by atoms with Gasteiger partial charge in [0.2, 0.25) is 5.88 Å². The van der Waals surface area contributed by atoms with Crippen molar-refractivity contribution >= 4 is 11.0 Å². The smallest absolute Gasteiger partial charge is 0.236 e. The summed E-state index contributed by atoms with van der Waals surface area (Å²) in [6, 6.07) is 7.88. The molecule has 90 valence electrons. The van der Waals surface area contributed by atoms with E-state index in [-0.39, 0.29) is 6.10 Å². The van der Waals surface area contributed by atoms with Crippen molar-refractivity contribution in [2.45, 2.75) is 39.7 Å². The van der Waals surface area contributed by atoms with Crippen LogP contribution in [0.2, 0.25) is 0 Å². The number of aromatic nitrogens is 2. The molecule has 0 fully saturated rings. The van der Waals surface area contributed by atoms with Crippen molar-refractivity contribution in [1.29, 1.82) is 0 Å². The molecular formula is C14H18N2O. The number of benzene rings is 1. The molecule has 0 N–H and O–H groups in total. The second kappa shape index (κ2) is 4.70. The van der Waals surface area contributed by atoms with Crippen LogP contribution < -0.4 is 4.74 Å². The van der Waals surface area contributed by atoms with Crippen LogP contribution in [0.25, 0.3) is 11.0 Å². The summed E-state index contributed by atoms with van der Waals surface area (Å²) in [4.78, 5) is 9.19. The lowest BCUT2D eigenvalue weighted by Crippen LogP contribution is -2.11. The molecule has 0 unspecified atom stereocenters. The number of rotatable bonds is 3. The minimum Gasteiger partial charge on any atom is -0.474 e. The molecule has 0 aliphatic carbocycles. The summed E-state index contributed by atoms with van der Waals surface area (Å²) in [6.07, 6.45) is 0.114. The molecule has 0 saturated heterocycles. The van der Waals surface area contributed by atoms with Gasteiger partial charge in [-0.05, 0) is 26.0 Å². The summed E-state index contributed by atoms with van der Waals surface area (Å²) in [7, 11) is 0. The number of ether oxygens (including phenoxy) is 1. The standard InChI is InChI=1S/C14H18N2O/c1-9(2)13-14(17-10(3)4)16-12-8-6-5-7-11(12)15-13/h5-10H,1-4H3. The maximum Gasteiger partial charge on any atom is 0.236 e. The maximum absolute atomic E-state index is 5.74. The summed E-state index contributed by atoms with van der Waals surface area (Å²) in [5.74, 6) is 0.967. The summed E-state index contributed by atoms with van der Waals surface area (Å²) in [5.41, 5.74) is 2.73. The zero-order valence-corrected chi connectivity index (χ0v) is 10.8. The van der Waals surface area contributed by atoms with E-state index in [1.807, 2.05) is 38.1 Å². The number of fused-ring (bicyclic) bond motifs is 1. The molecule has 0 atom stereocenters. The zero-order valence-electron chi connectivity index (χ0n) is 10.8. The molecule has 1 heterocycles. The third kappa shape index (κ3) is 2.54. The summed E-state index contributed by atoms with van der Waals surface area (Å²) >= 11 is 0. The van der Waals surface area contributed by atoms with Gasteiger partial charge in [0.25, 0.3) is 0 Å². The predicted molar refractivity (Wildman–Crippen MR) is 69.4 cm³/mol. The van der Waals surface area contributed by atoms with Gasteiger partial charge in [-0.15, -0.1) is 0 Å². The number of hydrogen-bond acceptors (Lipinski definition) is 3. The van der Waals surface area contributed by atoms with Gasteiger partial charge in [-0.25, -0.2) is 9.97 Å². The van der Waals surface area contributed by atoms with Crippen LogP contribution in [-0.4, -0.2) is 16.1 Å². The van der Waals surface area contributed by atoms with E-state index >= 15 is 0 Å². The molecule has 17 heavy (non-hydrogen) atoms. The Morgan fingerprint density at radius 1 is 0.941 bits per heavy atom. The fraction of sp³-hybridized carbons (Fsp3) is 0.429. The van der Waals surface area contributed by atoms with Crippen LogP contribution in [0.15, 0.2) is 24.3 Å². The molecule has 0 spiro atoms. The molecule has 0 radical (unpaired) electrons. The van der Waals surface area contributed by atoms with Crippen molar-refractivity contribution in [3.05, 3.63) is 30.0 Å². The molecular weight excluding hydrogens is 212 g/mol. The highest BCUT2D eigenvalue weighted by Crippen LogP contribution is 2.25. The summed E-state index contributed by atoms with van der Waals surface area (Å²) < 4.78 is 5.74. The molecule has 1 aromatic carbocycles. The van der Waals surface area contributed by atoms with Crippen molar-refractivity contribution in [2.75, 3.05) is 0 Å². The van der Waals surface area contributed by atoms with E-state index in [2.05, 4.69) is 23.8 Å². The van der Waals surface area contributed by atoms with E-state index in [1.165, 1.54) is 0 Å². The fourth-order valence-electron chi connectivity index (χ4n) is 1.68. The first-order valence-corrected chi connectivity index (χ1v) is 6.01. The quantitative estimate of drug-likeness (QED) is 0.809. The second-order valence-corrected chi connectivity index (χ2v) is 4.72. The number of nitrogens with zero attached hydrogens (tertiary/aromatic N) is 2. The Hall–Kier alpha value is -1.64. The van der Waals surface area contributed by atoms with Crippen LogP contribution in [0.5, 0.6) is 5.88 Å². The Morgan fingerprint density at radius 2 is 1.53 bits per heavy atom. The average molecular weight is 230 g/mol. The maximum atomic E-state index is 5.74. The van der Waals surface area contributed by atoms with E-state index in [0.717, 1.165) is 16.7 Å². The van der Waals surface area contributed by atoms with E-state index in [1.54, 1.807) is 0 Å². The Morgan fingerprint density at radius 3 is 2.06 bits per heavy atom. The lowest BCUT2D eigenvalue weighted by Gasteiger charge is -2.15. The average Bonchev–Trinajstić information content (AvgIpc) is 2.27. The molecule has 2 rings (SSSR count). The van der Waals surface area contributed by atoms with Crippen LogP contribution in [0, 0.1) is 0 Å². The monoisotopic (exact) mass is 230 g/mol. The number of para-hydroxylation sites is 2. The van der Waals surface area contributed by atoms with Crippen molar-refractivity contribution in [1.82, 2.24) is 9.97 Å². The van der Waals surface area contributed by atoms with Crippen molar-refractivity contribution in [2.24, 2.45) is 0 Å². The molecule has 0 aliphatic heterocycles. The third-order valence-corrected chi connectivity index (χ3v) is 2.46. The lowest BCUT2D eigenvalue weighted by molar-refractivity contribution is 0.228. The first-order chi connectivity index (χ1) is 8.08. The molecule has 0 amide bonds. The lowest BCUT2D eigenvalue weighted by atomic mass is 10.1. The van der Waals surface area contributed by atoms with E-state index in [0.29, 0.717) is 11.8 Å². The molecule has 2 aromatic rings. The minimum atomic E-state index is 0.114. The van der Waals surface area contributed by atoms with Gasteiger partial charge >= 0.3 is 0 Å². The van der Waals surface area contributed by atoms with Crippen LogP contribution in [0.4, 0.5) is 0 Å². The normalized spacial score (nSPS) is 11.4. The van der Waals surface area contributed by atoms with Crippen LogP contribution in [0.3, 0.4) is 0 Å². The Labute approximate surface area is 102 Å². The fourth-order valence-corrected chi connectivity index (χ4v) is 1.68. The van der Waals surface area contributed by atoms with Gasteiger partial charge in [-0.2, -0.15) is 0 Å². The van der Waals surface area contributed by atoms with Gasteiger partial charge in [0.05, 0.1) is 17.1 Å². The molecule has 3 nitrogen and oxygen atoms in total. The zero-order chi connectivity index (χ0) is 12.4. The minimum absolute atomic E-state index is 0.114. The van der Waals surface area contributed by atoms with E-state index < -0.39 is 0 Å². The van der Waals surface area contributed by atoms with Crippen LogP contribution in [-0.2, 0) is 0 Å². The Bertz CT molecular complexity index is 521. The number of hydrogen-bond donors (Lipinski definition) is 0. The molecule has 1 aromatic heterocycles. The van der Waals surface area contributed by atoms with Gasteiger partial charge in [-0.3, -0.25) is 0 Å². The van der Waals surface area contributed by atoms with Crippen LogP contribution >= 0.6 is 0 Å². The third-order valence-electron chi connectivity index (χ3n) is 2.46. The topological polar surface area (TPSA) is 35.0 Å². The highest BCUT2D eigenvalue weighted by atomic mass is 16.5. The van der Waals surface area contributed by atoms with Gasteiger partial charge in [0, 0.05) is 5.92 Å². The van der Waals surface area contributed by atoms with E-state index in [9.17, 15) is 0 Å². The molecule has 0 aliphatic rings. The van der Waals surface area contributed by atoms with Crippen molar-refractivity contribution < 1.29 is 4.74 Å². The summed E-state index contributed by atoms with van der Waals surface area (Å²) in [6.45, 7) is 8.21. The highest BCUT2D eigenvalue weighted by molar-refractivity contribution is 5.74. The van der Waals surface area contributed by atoms with Crippen molar-refractivity contribution in [3.8, 4) is 5.88 Å². The second-order valence-electron chi connectivity index (χ2n) is 4.72. The van der Waals surface area contributed by atoms with Gasteiger partial charge in [0.15, 0.2) is 0 Å². The summed E-state index contributed by atoms with van der Waals surface area (Å²) in [5, 5.41) is 0. The Kier molecular flexibility index (Phi) is 3.27. The molecule has 0 saturated carbocycles. The highest BCUT2D eigenvalue weighted by Gasteiger charge is 2.14. The SMILES string of the molecule is CC(C)Oc1nc2ccccc2nc1C(C)C. The first-order valence-electron chi connectivity index (χ1n) is 6.01. The molecule has 3 heteroatoms. The van der Waals surface area contributed by atoms with Crippen molar-refractivity contribution in [3.63, 3.8) is 0 Å². The predicted octanol–water partition coefficient (Wildman–Crippen LogP) is 3.54.